The molecule has 0 spiro atoms. The lowest BCUT2D eigenvalue weighted by Gasteiger charge is -2.50. The highest BCUT2D eigenvalue weighted by atomic mass is 16.3. The number of aliphatic hydroxyl groups excluding tert-OH is 2. The number of nitrogens with zero attached hydrogens (tertiary/aromatic N) is 1. The Kier molecular flexibility index (Phi) is 2.93. The van der Waals surface area contributed by atoms with Crippen LogP contribution in [0.3, 0.4) is 0 Å². The number of β-amino-alcohol motifs (C(OH)–C–C–N with tert-alkyl or cyclic N) is 1. The van der Waals surface area contributed by atoms with Crippen LogP contribution in [-0.4, -0.2) is 39.3 Å². The summed E-state index contributed by atoms with van der Waals surface area (Å²) in [7, 11) is 0. The van der Waals surface area contributed by atoms with Crippen LogP contribution in [0.5, 0.6) is 0 Å². The normalized spacial score (nSPS) is 25.9. The van der Waals surface area contributed by atoms with E-state index in [1.807, 2.05) is 6.08 Å². The van der Waals surface area contributed by atoms with E-state index in [-0.39, 0.29) is 17.7 Å². The van der Waals surface area contributed by atoms with Gasteiger partial charge < -0.3 is 10.2 Å². The largest absolute Gasteiger partial charge is 0.513 e. The Morgan fingerprint density at radius 1 is 1.36 bits per heavy atom. The maximum absolute atomic E-state index is 9.64. The molecule has 82 valence electrons. The van der Waals surface area contributed by atoms with Crippen molar-refractivity contribution in [2.24, 2.45) is 0 Å². The fraction of sp³-hybridized carbons (Fsp3) is 0.818. The van der Waals surface area contributed by atoms with Gasteiger partial charge in [-0.2, -0.15) is 0 Å². The molecule has 1 heterocycles. The second-order valence-electron chi connectivity index (χ2n) is 5.15. The monoisotopic (exact) mass is 199 g/mol. The van der Waals surface area contributed by atoms with Crippen LogP contribution < -0.4 is 0 Å². The van der Waals surface area contributed by atoms with Crippen LogP contribution >= 0.6 is 0 Å². The summed E-state index contributed by atoms with van der Waals surface area (Å²) in [5, 5.41) is 18.7. The van der Waals surface area contributed by atoms with Gasteiger partial charge in [0.15, 0.2) is 0 Å². The molecule has 0 unspecified atom stereocenters. The van der Waals surface area contributed by atoms with Crippen molar-refractivity contribution in [2.45, 2.75) is 45.2 Å². The molecule has 0 aromatic rings. The van der Waals surface area contributed by atoms with Crippen LogP contribution in [0, 0.1) is 0 Å². The first-order valence-corrected chi connectivity index (χ1v) is 5.09. The molecule has 1 rings (SSSR count). The predicted octanol–water partition coefficient (Wildman–Crippen LogP) is 1.68. The zero-order chi connectivity index (χ0) is 11.0. The van der Waals surface area contributed by atoms with Gasteiger partial charge in [0.2, 0.25) is 0 Å². The molecular formula is C11H21NO2. The van der Waals surface area contributed by atoms with Crippen LogP contribution in [0.25, 0.3) is 0 Å². The molecule has 0 aliphatic carbocycles. The number of aliphatic hydroxyl groups is 2. The fourth-order valence-corrected chi connectivity index (χ4v) is 2.55. The van der Waals surface area contributed by atoms with Crippen molar-refractivity contribution in [3.8, 4) is 0 Å². The Balaban J connectivity index is 2.99. The summed E-state index contributed by atoms with van der Waals surface area (Å²) in [5.74, 6) is 0.453. The first-order valence-electron chi connectivity index (χ1n) is 5.09. The molecule has 0 bridgehead atoms. The SMILES string of the molecule is CC1(C)C=C(O)CC(C)(C)N1CCO. The molecule has 1 aliphatic rings. The third-order valence-electron chi connectivity index (χ3n) is 2.88. The lowest BCUT2D eigenvalue weighted by atomic mass is 9.84. The molecule has 0 fully saturated rings. The van der Waals surface area contributed by atoms with Gasteiger partial charge in [-0.05, 0) is 33.8 Å². The van der Waals surface area contributed by atoms with Gasteiger partial charge in [-0.15, -0.1) is 0 Å². The minimum Gasteiger partial charge on any atom is -0.513 e. The number of hydrogen-bond donors (Lipinski definition) is 2. The summed E-state index contributed by atoms with van der Waals surface area (Å²) in [6, 6.07) is 0. The third kappa shape index (κ3) is 2.10. The van der Waals surface area contributed by atoms with Crippen molar-refractivity contribution >= 4 is 0 Å². The Hall–Kier alpha value is -0.540. The molecule has 3 nitrogen and oxygen atoms in total. The molecule has 0 radical (unpaired) electrons. The quantitative estimate of drug-likeness (QED) is 0.711. The predicted molar refractivity (Wildman–Crippen MR) is 57.3 cm³/mol. The zero-order valence-corrected chi connectivity index (χ0v) is 9.54. The first-order chi connectivity index (χ1) is 6.29. The molecule has 0 amide bonds. The van der Waals surface area contributed by atoms with Gasteiger partial charge in [0.05, 0.1) is 12.4 Å². The van der Waals surface area contributed by atoms with Crippen molar-refractivity contribution in [2.75, 3.05) is 13.2 Å². The van der Waals surface area contributed by atoms with E-state index in [0.717, 1.165) is 0 Å². The second-order valence-corrected chi connectivity index (χ2v) is 5.15. The molecule has 0 aromatic heterocycles. The van der Waals surface area contributed by atoms with Crippen LogP contribution in [0.4, 0.5) is 0 Å². The summed E-state index contributed by atoms with van der Waals surface area (Å²) in [6.45, 7) is 9.09. The van der Waals surface area contributed by atoms with Gasteiger partial charge in [0, 0.05) is 24.0 Å². The van der Waals surface area contributed by atoms with Crippen molar-refractivity contribution in [3.63, 3.8) is 0 Å². The standard InChI is InChI=1S/C11H21NO2/c1-10(2)7-9(14)8-11(3,4)12(10)5-6-13/h7,13-14H,5-6,8H2,1-4H3. The highest BCUT2D eigenvalue weighted by Crippen LogP contribution is 2.35. The van der Waals surface area contributed by atoms with E-state index in [9.17, 15) is 5.11 Å². The van der Waals surface area contributed by atoms with Gasteiger partial charge in [0.1, 0.15) is 0 Å². The van der Waals surface area contributed by atoms with Gasteiger partial charge in [-0.3, -0.25) is 4.90 Å². The molecule has 3 heteroatoms. The van der Waals surface area contributed by atoms with Crippen LogP contribution in [-0.2, 0) is 0 Å². The van der Waals surface area contributed by atoms with Crippen LogP contribution in [0.15, 0.2) is 11.8 Å². The molecule has 0 atom stereocenters. The van der Waals surface area contributed by atoms with Crippen LogP contribution in [0.1, 0.15) is 34.1 Å². The minimum atomic E-state index is -0.186. The third-order valence-corrected chi connectivity index (χ3v) is 2.88. The molecule has 2 N–H and O–H groups in total. The van der Waals surface area contributed by atoms with E-state index in [4.69, 9.17) is 5.11 Å². The summed E-state index contributed by atoms with van der Waals surface area (Å²) < 4.78 is 0. The average Bonchev–Trinajstić information content (AvgIpc) is 1.94. The van der Waals surface area contributed by atoms with Crippen molar-refractivity contribution in [3.05, 3.63) is 11.8 Å². The number of rotatable bonds is 2. The van der Waals surface area contributed by atoms with E-state index in [0.29, 0.717) is 18.7 Å². The molecule has 14 heavy (non-hydrogen) atoms. The van der Waals surface area contributed by atoms with Crippen molar-refractivity contribution < 1.29 is 10.2 Å². The van der Waals surface area contributed by atoms with Gasteiger partial charge in [-0.1, -0.05) is 0 Å². The maximum atomic E-state index is 9.64. The summed E-state index contributed by atoms with van der Waals surface area (Å²) >= 11 is 0. The lowest BCUT2D eigenvalue weighted by molar-refractivity contribution is 0.00614. The number of hydrogen-bond acceptors (Lipinski definition) is 3. The van der Waals surface area contributed by atoms with E-state index < -0.39 is 0 Å². The fourth-order valence-electron chi connectivity index (χ4n) is 2.55. The highest BCUT2D eigenvalue weighted by molar-refractivity contribution is 5.16. The Bertz CT molecular complexity index is 244. The van der Waals surface area contributed by atoms with Crippen LogP contribution in [0.2, 0.25) is 0 Å². The molecule has 1 aliphatic heterocycles. The first kappa shape index (κ1) is 11.5. The molecule has 0 aromatic carbocycles. The van der Waals surface area contributed by atoms with E-state index in [1.54, 1.807) is 0 Å². The Morgan fingerprint density at radius 3 is 2.36 bits per heavy atom. The average molecular weight is 199 g/mol. The van der Waals surface area contributed by atoms with Crippen molar-refractivity contribution in [1.29, 1.82) is 0 Å². The lowest BCUT2D eigenvalue weighted by Crippen LogP contribution is -2.58. The van der Waals surface area contributed by atoms with E-state index in [2.05, 4.69) is 32.6 Å². The summed E-state index contributed by atoms with van der Waals surface area (Å²) in [6.07, 6.45) is 2.52. The van der Waals surface area contributed by atoms with Gasteiger partial charge in [-0.25, -0.2) is 0 Å². The van der Waals surface area contributed by atoms with Gasteiger partial charge >= 0.3 is 0 Å². The maximum Gasteiger partial charge on any atom is 0.0919 e. The molecule has 0 saturated heterocycles. The van der Waals surface area contributed by atoms with E-state index in [1.165, 1.54) is 0 Å². The smallest absolute Gasteiger partial charge is 0.0919 e. The second kappa shape index (κ2) is 3.55. The van der Waals surface area contributed by atoms with Gasteiger partial charge in [0.25, 0.3) is 0 Å². The Labute approximate surface area is 86.0 Å². The molecule has 0 saturated carbocycles. The summed E-state index contributed by atoms with van der Waals surface area (Å²) in [5.41, 5.74) is -0.278. The summed E-state index contributed by atoms with van der Waals surface area (Å²) in [4.78, 5) is 2.22. The topological polar surface area (TPSA) is 43.7 Å². The minimum absolute atomic E-state index is 0.0922. The van der Waals surface area contributed by atoms with Crippen molar-refractivity contribution in [1.82, 2.24) is 4.90 Å². The molecular weight excluding hydrogens is 178 g/mol. The zero-order valence-electron chi connectivity index (χ0n) is 9.54. The highest BCUT2D eigenvalue weighted by Gasteiger charge is 2.40. The van der Waals surface area contributed by atoms with E-state index >= 15 is 0 Å². The Morgan fingerprint density at radius 2 is 1.93 bits per heavy atom.